The van der Waals surface area contributed by atoms with Crippen LogP contribution in [0.4, 0.5) is 19.8 Å². The number of carbonyl (C=O) groups is 2. The van der Waals surface area contributed by atoms with Gasteiger partial charge < -0.3 is 18.9 Å². The van der Waals surface area contributed by atoms with Crippen LogP contribution < -0.4 is 5.32 Å². The van der Waals surface area contributed by atoms with Gasteiger partial charge in [-0.05, 0) is 73.1 Å². The maximum absolute atomic E-state index is 15.4. The summed E-state index contributed by atoms with van der Waals surface area (Å²) in [7, 11) is -2.28. The molecule has 0 spiro atoms. The van der Waals surface area contributed by atoms with Gasteiger partial charge in [0.05, 0.1) is 18.2 Å². The van der Waals surface area contributed by atoms with Crippen molar-refractivity contribution in [1.82, 2.24) is 20.0 Å². The maximum Gasteiger partial charge on any atom is 0.413 e. The third kappa shape index (κ3) is 7.43. The minimum absolute atomic E-state index is 0.00988. The van der Waals surface area contributed by atoms with Crippen molar-refractivity contribution >= 4 is 27.8 Å². The van der Waals surface area contributed by atoms with Crippen molar-refractivity contribution in [2.75, 3.05) is 12.4 Å². The summed E-state index contributed by atoms with van der Waals surface area (Å²) in [5.74, 6) is -0.213. The van der Waals surface area contributed by atoms with Gasteiger partial charge >= 0.3 is 12.2 Å². The highest BCUT2D eigenvalue weighted by molar-refractivity contribution is 7.93. The molecule has 2 amide bonds. The Labute approximate surface area is 286 Å². The number of fused-ring (bicyclic) bond motifs is 1. The molecule has 4 aromatic rings. The summed E-state index contributed by atoms with van der Waals surface area (Å²) in [4.78, 5) is 35.5. The van der Waals surface area contributed by atoms with E-state index >= 15 is 4.39 Å². The van der Waals surface area contributed by atoms with Gasteiger partial charge in [-0.3, -0.25) is 5.32 Å². The number of aromatic nitrogens is 3. The molecule has 49 heavy (non-hydrogen) atoms. The van der Waals surface area contributed by atoms with Crippen LogP contribution in [-0.4, -0.2) is 63.6 Å². The highest BCUT2D eigenvalue weighted by atomic mass is 32.2. The average Bonchev–Trinajstić information content (AvgIpc) is 3.44. The summed E-state index contributed by atoms with van der Waals surface area (Å²) in [6.07, 6.45) is -1.74. The van der Waals surface area contributed by atoms with Crippen LogP contribution >= 0.6 is 0 Å². The second kappa shape index (κ2) is 12.6. The zero-order chi connectivity index (χ0) is 37.0. The Kier molecular flexibility index (Phi) is 8.72. The SMILES string of the molecule is [2H]c1c(-c2ccc(CN(C)C(=O)OC(C)(C)C)cc2)noc1-c1nc(-c2ccc3c(c2)[C@H](F)C(C)(C)S3(=O)=O)cnc1NC(=O)OC(C)(C)C. The first-order valence-corrected chi connectivity index (χ1v) is 17.0. The number of nitrogens with zero attached hydrogens (tertiary/aromatic N) is 4. The highest BCUT2D eigenvalue weighted by Crippen LogP contribution is 2.49. The van der Waals surface area contributed by atoms with Crippen LogP contribution in [0.3, 0.4) is 0 Å². The minimum atomic E-state index is -3.91. The lowest BCUT2D eigenvalue weighted by molar-refractivity contribution is 0.0284. The van der Waals surface area contributed by atoms with Crippen LogP contribution in [-0.2, 0) is 25.9 Å². The zero-order valence-corrected chi connectivity index (χ0v) is 29.7. The first-order valence-electron chi connectivity index (χ1n) is 16.0. The van der Waals surface area contributed by atoms with Gasteiger partial charge in [-0.15, -0.1) is 0 Å². The molecule has 14 heteroatoms. The summed E-state index contributed by atoms with van der Waals surface area (Å²) >= 11 is 0. The Hall–Kier alpha value is -4.85. The van der Waals surface area contributed by atoms with Crippen LogP contribution in [0, 0.1) is 0 Å². The van der Waals surface area contributed by atoms with E-state index in [1.54, 1.807) is 72.9 Å². The van der Waals surface area contributed by atoms with Gasteiger partial charge in [0, 0.05) is 36.3 Å². The van der Waals surface area contributed by atoms with Crippen LogP contribution in [0.2, 0.25) is 0 Å². The second-order valence-corrected chi connectivity index (χ2v) is 16.8. The third-order valence-electron chi connectivity index (χ3n) is 7.59. The van der Waals surface area contributed by atoms with Crippen molar-refractivity contribution in [3.63, 3.8) is 0 Å². The molecule has 0 unspecified atom stereocenters. The number of amides is 2. The maximum atomic E-state index is 15.4. The molecule has 0 radical (unpaired) electrons. The monoisotopic (exact) mass is 694 g/mol. The molecule has 0 saturated heterocycles. The first-order chi connectivity index (χ1) is 23.1. The lowest BCUT2D eigenvalue weighted by atomic mass is 9.98. The van der Waals surface area contributed by atoms with E-state index in [1.165, 1.54) is 43.1 Å². The van der Waals surface area contributed by atoms with E-state index in [0.29, 0.717) is 11.1 Å². The van der Waals surface area contributed by atoms with Crippen LogP contribution in [0.25, 0.3) is 34.0 Å². The lowest BCUT2D eigenvalue weighted by Crippen LogP contribution is -2.33. The summed E-state index contributed by atoms with van der Waals surface area (Å²) in [5, 5.41) is 6.67. The van der Waals surface area contributed by atoms with Gasteiger partial charge in [-0.1, -0.05) is 35.5 Å². The predicted molar refractivity (Wildman–Crippen MR) is 181 cm³/mol. The number of hydrogen-bond acceptors (Lipinski definition) is 10. The number of ether oxygens (including phenoxy) is 2. The standard InChI is InChI=1S/C35H40FN5O7S/c1-33(2,3)46-31(42)39-30-28(38-25(18-37-30)22-14-15-27-23(16-22)29(36)35(7,8)49(27,44)45)26-17-24(40-48-26)21-12-10-20(11-13-21)19-41(9)32(43)47-34(4,5)6/h10-18,29H,19H2,1-9H3,(H,37,39,42)/t29-/m0/s1/i17D. The number of hydrogen-bond donors (Lipinski definition) is 1. The Morgan fingerprint density at radius 3 is 2.29 bits per heavy atom. The number of carbonyl (C=O) groups excluding carboxylic acids is 2. The summed E-state index contributed by atoms with van der Waals surface area (Å²) in [6, 6.07) is 11.1. The van der Waals surface area contributed by atoms with Crippen molar-refractivity contribution in [2.24, 2.45) is 0 Å². The molecule has 2 aromatic heterocycles. The molecule has 2 aromatic carbocycles. The summed E-state index contributed by atoms with van der Waals surface area (Å²) < 4.78 is 65.1. The van der Waals surface area contributed by atoms with Gasteiger partial charge in [0.1, 0.15) is 27.8 Å². The van der Waals surface area contributed by atoms with Crippen molar-refractivity contribution in [3.8, 4) is 34.0 Å². The molecule has 0 fully saturated rings. The third-order valence-corrected chi connectivity index (χ3v) is 10.1. The normalized spacial score (nSPS) is 16.8. The number of halogens is 1. The lowest BCUT2D eigenvalue weighted by Gasteiger charge is -2.24. The minimum Gasteiger partial charge on any atom is -0.444 e. The van der Waals surface area contributed by atoms with E-state index in [2.05, 4.69) is 20.4 Å². The number of anilines is 1. The Morgan fingerprint density at radius 1 is 1.02 bits per heavy atom. The number of alkyl halides is 1. The van der Waals surface area contributed by atoms with Crippen molar-refractivity contribution < 1.29 is 37.8 Å². The molecule has 1 aliphatic rings. The number of rotatable bonds is 6. The summed E-state index contributed by atoms with van der Waals surface area (Å²) in [6.45, 7) is 13.4. The molecule has 12 nitrogen and oxygen atoms in total. The van der Waals surface area contributed by atoms with Crippen molar-refractivity contribution in [2.45, 2.75) is 89.0 Å². The van der Waals surface area contributed by atoms with Gasteiger partial charge in [-0.25, -0.2) is 32.4 Å². The second-order valence-electron chi connectivity index (χ2n) is 14.3. The Morgan fingerprint density at radius 2 is 1.65 bits per heavy atom. The number of nitrogens with one attached hydrogen (secondary N) is 1. The largest absolute Gasteiger partial charge is 0.444 e. The van der Waals surface area contributed by atoms with E-state index in [0.717, 1.165) is 5.56 Å². The average molecular weight is 695 g/mol. The van der Waals surface area contributed by atoms with Crippen molar-refractivity contribution in [1.29, 1.82) is 0 Å². The fraction of sp³-hybridized carbons (Fsp3) is 0.400. The Balaban J connectivity index is 1.50. The molecule has 260 valence electrons. The topological polar surface area (TPSA) is 154 Å². The molecule has 1 aliphatic heterocycles. The molecule has 0 saturated carbocycles. The van der Waals surface area contributed by atoms with Crippen LogP contribution in [0.5, 0.6) is 0 Å². The number of sulfone groups is 1. The van der Waals surface area contributed by atoms with E-state index < -0.39 is 44.1 Å². The van der Waals surface area contributed by atoms with Gasteiger partial charge in [0.15, 0.2) is 27.1 Å². The molecule has 1 N–H and O–H groups in total. The highest BCUT2D eigenvalue weighted by Gasteiger charge is 2.52. The molecular formula is C35H40FN5O7S. The first kappa shape index (κ1) is 34.0. The van der Waals surface area contributed by atoms with Gasteiger partial charge in [0.25, 0.3) is 0 Å². The van der Waals surface area contributed by atoms with E-state index in [9.17, 15) is 18.0 Å². The van der Waals surface area contributed by atoms with E-state index in [4.69, 9.17) is 15.4 Å². The molecule has 0 aliphatic carbocycles. The van der Waals surface area contributed by atoms with E-state index in [1.807, 2.05) is 0 Å². The molecule has 5 rings (SSSR count). The Bertz CT molecular complexity index is 2070. The predicted octanol–water partition coefficient (Wildman–Crippen LogP) is 7.76. The van der Waals surface area contributed by atoms with Gasteiger partial charge in [-0.2, -0.15) is 0 Å². The smallest absolute Gasteiger partial charge is 0.413 e. The van der Waals surface area contributed by atoms with Gasteiger partial charge in [0.2, 0.25) is 0 Å². The molecular weight excluding hydrogens is 653 g/mol. The number of benzene rings is 2. The van der Waals surface area contributed by atoms with Crippen LogP contribution in [0.1, 0.15) is 74.1 Å². The van der Waals surface area contributed by atoms with E-state index in [-0.39, 0.29) is 51.7 Å². The quantitative estimate of drug-likeness (QED) is 0.212. The molecule has 3 heterocycles. The fourth-order valence-electron chi connectivity index (χ4n) is 5.04. The van der Waals surface area contributed by atoms with Crippen molar-refractivity contribution in [3.05, 3.63) is 65.8 Å². The molecule has 1 atom stereocenters. The fourth-order valence-corrected chi connectivity index (χ4v) is 6.73. The summed E-state index contributed by atoms with van der Waals surface area (Å²) in [5.41, 5.74) is 0.568. The molecule has 0 bridgehead atoms. The zero-order valence-electron chi connectivity index (χ0n) is 29.8. The van der Waals surface area contributed by atoms with Crippen LogP contribution in [0.15, 0.2) is 64.1 Å².